The molecule has 4 aromatic rings. The Hall–Kier alpha value is -2.73. The summed E-state index contributed by atoms with van der Waals surface area (Å²) in [5.74, 6) is 0.933. The largest absolute Gasteiger partial charge is 0.322 e. The summed E-state index contributed by atoms with van der Waals surface area (Å²) < 4.78 is 4.01. The average Bonchev–Trinajstić information content (AvgIpc) is 3.35. The molecule has 1 aromatic carbocycles. The molecule has 0 radical (unpaired) electrons. The van der Waals surface area contributed by atoms with Crippen molar-refractivity contribution >= 4 is 11.3 Å². The van der Waals surface area contributed by atoms with Gasteiger partial charge in [-0.3, -0.25) is 0 Å². The Morgan fingerprint density at radius 1 is 1.12 bits per heavy atom. The van der Waals surface area contributed by atoms with E-state index in [1.54, 1.807) is 17.5 Å². The molecule has 0 bridgehead atoms. The molecule has 0 amide bonds. The highest BCUT2D eigenvalue weighted by Gasteiger charge is 2.16. The van der Waals surface area contributed by atoms with Crippen LogP contribution in [-0.4, -0.2) is 24.3 Å². The lowest BCUT2D eigenvalue weighted by Gasteiger charge is -2.15. The van der Waals surface area contributed by atoms with E-state index in [1.807, 2.05) is 48.4 Å². The third kappa shape index (κ3) is 2.65. The van der Waals surface area contributed by atoms with Crippen molar-refractivity contribution in [3.8, 4) is 17.1 Å². The van der Waals surface area contributed by atoms with E-state index in [9.17, 15) is 0 Å². The molecule has 0 unspecified atom stereocenters. The first-order valence-corrected chi connectivity index (χ1v) is 8.65. The van der Waals surface area contributed by atoms with Crippen molar-refractivity contribution in [1.82, 2.24) is 24.3 Å². The van der Waals surface area contributed by atoms with Crippen LogP contribution in [0.4, 0.5) is 0 Å². The maximum Gasteiger partial charge on any atom is 0.140 e. The van der Waals surface area contributed by atoms with Crippen molar-refractivity contribution in [3.63, 3.8) is 0 Å². The lowest BCUT2D eigenvalue weighted by atomic mass is 10.1. The third-order valence-corrected chi connectivity index (χ3v) is 4.82. The number of rotatable bonds is 4. The van der Waals surface area contributed by atoms with Gasteiger partial charge < -0.3 is 4.57 Å². The van der Waals surface area contributed by atoms with E-state index in [2.05, 4.69) is 44.1 Å². The minimum atomic E-state index is 0.140. The SMILES string of the molecule is Cc1nc([C@H](C)n2ccnc2-c2cccc(-n3cccn3)c2)cs1. The normalized spacial score (nSPS) is 12.4. The van der Waals surface area contributed by atoms with E-state index in [0.717, 1.165) is 27.8 Å². The second-order valence-corrected chi connectivity index (χ2v) is 6.69. The molecule has 0 aliphatic carbocycles. The molecule has 1 atom stereocenters. The standard InChI is InChI=1S/C18H17N5S/c1-13(17-12-24-14(2)21-17)22-10-8-19-18(22)15-5-3-6-16(11-15)23-9-4-7-20-23/h3-13H,1-2H3/t13-/m0/s1. The number of nitrogens with zero attached hydrogens (tertiary/aromatic N) is 5. The topological polar surface area (TPSA) is 48.5 Å². The predicted molar refractivity (Wildman–Crippen MR) is 95.4 cm³/mol. The molecular formula is C18H17N5S. The van der Waals surface area contributed by atoms with Gasteiger partial charge in [-0.05, 0) is 32.0 Å². The fourth-order valence-corrected chi connectivity index (χ4v) is 3.47. The summed E-state index contributed by atoms with van der Waals surface area (Å²) in [4.78, 5) is 9.19. The number of aryl methyl sites for hydroxylation is 1. The minimum absolute atomic E-state index is 0.140. The molecule has 0 spiro atoms. The summed E-state index contributed by atoms with van der Waals surface area (Å²) in [6.45, 7) is 4.18. The monoisotopic (exact) mass is 335 g/mol. The van der Waals surface area contributed by atoms with Crippen molar-refractivity contribution in [3.05, 3.63) is 71.2 Å². The quantitative estimate of drug-likeness (QED) is 0.564. The molecule has 0 fully saturated rings. The summed E-state index contributed by atoms with van der Waals surface area (Å²) in [6, 6.07) is 10.3. The Balaban J connectivity index is 1.74. The van der Waals surface area contributed by atoms with Gasteiger partial charge in [0.25, 0.3) is 0 Å². The number of benzene rings is 1. The number of aromatic nitrogens is 5. The maximum absolute atomic E-state index is 4.62. The van der Waals surface area contributed by atoms with Gasteiger partial charge in [-0.1, -0.05) is 12.1 Å². The molecule has 4 rings (SSSR count). The zero-order chi connectivity index (χ0) is 16.5. The van der Waals surface area contributed by atoms with Gasteiger partial charge in [-0.2, -0.15) is 5.10 Å². The highest BCUT2D eigenvalue weighted by Crippen LogP contribution is 2.27. The van der Waals surface area contributed by atoms with E-state index in [4.69, 9.17) is 0 Å². The van der Waals surface area contributed by atoms with Crippen LogP contribution in [0.5, 0.6) is 0 Å². The molecule has 3 aromatic heterocycles. The van der Waals surface area contributed by atoms with E-state index >= 15 is 0 Å². The van der Waals surface area contributed by atoms with Crippen LogP contribution in [0.3, 0.4) is 0 Å². The van der Waals surface area contributed by atoms with E-state index < -0.39 is 0 Å². The fourth-order valence-electron chi connectivity index (χ4n) is 2.77. The Kier molecular flexibility index (Phi) is 3.74. The molecule has 120 valence electrons. The van der Waals surface area contributed by atoms with Crippen molar-refractivity contribution in [1.29, 1.82) is 0 Å². The summed E-state index contributed by atoms with van der Waals surface area (Å²) in [7, 11) is 0. The zero-order valence-corrected chi connectivity index (χ0v) is 14.3. The Bertz CT molecular complexity index is 951. The summed E-state index contributed by atoms with van der Waals surface area (Å²) in [5, 5.41) is 7.50. The van der Waals surface area contributed by atoms with Crippen LogP contribution in [0, 0.1) is 6.92 Å². The first kappa shape index (κ1) is 14.8. The summed E-state index contributed by atoms with van der Waals surface area (Å²) in [6.07, 6.45) is 7.56. The molecule has 3 heterocycles. The third-order valence-electron chi connectivity index (χ3n) is 4.02. The van der Waals surface area contributed by atoms with Crippen molar-refractivity contribution in [2.45, 2.75) is 19.9 Å². The average molecular weight is 335 g/mol. The first-order valence-electron chi connectivity index (χ1n) is 7.77. The molecule has 0 saturated heterocycles. The molecule has 0 N–H and O–H groups in total. The van der Waals surface area contributed by atoms with Gasteiger partial charge in [0.1, 0.15) is 5.82 Å². The summed E-state index contributed by atoms with van der Waals surface area (Å²) in [5.41, 5.74) is 3.15. The number of imidazole rings is 1. The van der Waals surface area contributed by atoms with Crippen LogP contribution in [0.1, 0.15) is 23.7 Å². The maximum atomic E-state index is 4.62. The van der Waals surface area contributed by atoms with E-state index in [-0.39, 0.29) is 6.04 Å². The van der Waals surface area contributed by atoms with Crippen LogP contribution < -0.4 is 0 Å². The van der Waals surface area contributed by atoms with Crippen LogP contribution in [0.25, 0.3) is 17.1 Å². The van der Waals surface area contributed by atoms with Gasteiger partial charge in [-0.25, -0.2) is 14.6 Å². The van der Waals surface area contributed by atoms with Crippen LogP contribution in [0.2, 0.25) is 0 Å². The lowest BCUT2D eigenvalue weighted by molar-refractivity contribution is 0.629. The Labute approximate surface area is 144 Å². The predicted octanol–water partition coefficient (Wildman–Crippen LogP) is 4.11. The van der Waals surface area contributed by atoms with Gasteiger partial charge >= 0.3 is 0 Å². The number of hydrogen-bond acceptors (Lipinski definition) is 4. The molecule has 0 aliphatic rings. The lowest BCUT2D eigenvalue weighted by Crippen LogP contribution is -2.08. The van der Waals surface area contributed by atoms with Crippen molar-refractivity contribution < 1.29 is 0 Å². The molecule has 6 heteroatoms. The smallest absolute Gasteiger partial charge is 0.140 e. The fraction of sp³-hybridized carbons (Fsp3) is 0.167. The van der Waals surface area contributed by atoms with Crippen LogP contribution in [-0.2, 0) is 0 Å². The van der Waals surface area contributed by atoms with Gasteiger partial charge in [0.15, 0.2) is 0 Å². The first-order chi connectivity index (χ1) is 11.7. The molecule has 5 nitrogen and oxygen atoms in total. The minimum Gasteiger partial charge on any atom is -0.322 e. The Morgan fingerprint density at radius 3 is 2.79 bits per heavy atom. The molecule has 0 saturated carbocycles. The molecule has 0 aliphatic heterocycles. The second-order valence-electron chi connectivity index (χ2n) is 5.63. The molecular weight excluding hydrogens is 318 g/mol. The van der Waals surface area contributed by atoms with Gasteiger partial charge in [0.05, 0.1) is 22.4 Å². The zero-order valence-electron chi connectivity index (χ0n) is 13.5. The van der Waals surface area contributed by atoms with Gasteiger partial charge in [0, 0.05) is 35.7 Å². The highest BCUT2D eigenvalue weighted by atomic mass is 32.1. The number of hydrogen-bond donors (Lipinski definition) is 0. The van der Waals surface area contributed by atoms with Crippen LogP contribution >= 0.6 is 11.3 Å². The van der Waals surface area contributed by atoms with Crippen LogP contribution in [0.15, 0.2) is 60.5 Å². The highest BCUT2D eigenvalue weighted by molar-refractivity contribution is 7.09. The van der Waals surface area contributed by atoms with Crippen molar-refractivity contribution in [2.24, 2.45) is 0 Å². The van der Waals surface area contributed by atoms with Crippen molar-refractivity contribution in [2.75, 3.05) is 0 Å². The van der Waals surface area contributed by atoms with E-state index in [1.165, 1.54) is 0 Å². The number of thiazole rings is 1. The Morgan fingerprint density at radius 2 is 2.04 bits per heavy atom. The van der Waals surface area contributed by atoms with Gasteiger partial charge in [0.2, 0.25) is 0 Å². The van der Waals surface area contributed by atoms with E-state index in [0.29, 0.717) is 0 Å². The van der Waals surface area contributed by atoms with Gasteiger partial charge in [-0.15, -0.1) is 11.3 Å². The summed E-state index contributed by atoms with van der Waals surface area (Å²) >= 11 is 1.68. The second kappa shape index (κ2) is 6.05. The molecule has 24 heavy (non-hydrogen) atoms.